The van der Waals surface area contributed by atoms with Gasteiger partial charge >= 0.3 is 0 Å². The number of carbonyl (C=O) groups is 3. The van der Waals surface area contributed by atoms with Gasteiger partial charge in [0.1, 0.15) is 13.2 Å². The van der Waals surface area contributed by atoms with Crippen LogP contribution >= 0.6 is 0 Å². The molecule has 0 aliphatic rings. The van der Waals surface area contributed by atoms with Crippen LogP contribution in [0.1, 0.15) is 40.0 Å². The maximum Gasteiger partial charge on any atom is 0.246 e. The van der Waals surface area contributed by atoms with Gasteiger partial charge in [-0.3, -0.25) is 14.4 Å². The number of amides is 2. The molecule has 0 aliphatic carbocycles. The minimum atomic E-state index is -0.540. The van der Waals surface area contributed by atoms with E-state index in [0.29, 0.717) is 52.2 Å². The van der Waals surface area contributed by atoms with Crippen molar-refractivity contribution in [2.75, 3.05) is 60.4 Å². The number of unbranched alkanes of at least 4 members (excludes halogenated alkanes) is 1. The normalized spacial score (nSPS) is 11.2. The minimum Gasteiger partial charge on any atom is -0.382 e. The third-order valence-electron chi connectivity index (χ3n) is 3.40. The number of ketones is 1. The van der Waals surface area contributed by atoms with Gasteiger partial charge in [0.25, 0.3) is 0 Å². The van der Waals surface area contributed by atoms with Crippen molar-refractivity contribution < 1.29 is 33.3 Å². The van der Waals surface area contributed by atoms with Gasteiger partial charge in [0.2, 0.25) is 11.8 Å². The van der Waals surface area contributed by atoms with Crippen LogP contribution in [0, 0.1) is 0 Å². The van der Waals surface area contributed by atoms with Crippen LogP contribution in [0.2, 0.25) is 0 Å². The third kappa shape index (κ3) is 19.2. The number of hydrogen-bond acceptors (Lipinski definition) is 7. The molecule has 28 heavy (non-hydrogen) atoms. The molecule has 9 nitrogen and oxygen atoms in total. The number of methoxy groups -OCH3 is 2. The van der Waals surface area contributed by atoms with Crippen LogP contribution in [-0.4, -0.2) is 84.0 Å². The topological polar surface area (TPSA) is 112 Å². The van der Waals surface area contributed by atoms with Gasteiger partial charge < -0.3 is 29.6 Å². The molecule has 0 aromatic rings. The first-order chi connectivity index (χ1) is 13.5. The van der Waals surface area contributed by atoms with E-state index in [1.165, 1.54) is 6.92 Å². The molecule has 0 saturated heterocycles. The summed E-state index contributed by atoms with van der Waals surface area (Å²) in [7, 11) is 3.11. The van der Waals surface area contributed by atoms with Gasteiger partial charge in [-0.2, -0.15) is 0 Å². The number of Topliss-reactive ketones (excluding diaryl/α,β-unsaturated/α-hetero) is 1. The van der Waals surface area contributed by atoms with Crippen molar-refractivity contribution in [1.29, 1.82) is 0 Å². The summed E-state index contributed by atoms with van der Waals surface area (Å²) in [5.74, 6) is -0.626. The summed E-state index contributed by atoms with van der Waals surface area (Å²) in [6.07, 6.45) is 1.91. The number of carbonyl (C=O) groups excluding carboxylic acids is 3. The molecular weight excluding hydrogens is 368 g/mol. The number of rotatable bonds is 17. The molecule has 0 heterocycles. The van der Waals surface area contributed by atoms with E-state index in [1.807, 2.05) is 13.8 Å². The van der Waals surface area contributed by atoms with Crippen LogP contribution in [0.3, 0.4) is 0 Å². The van der Waals surface area contributed by atoms with E-state index in [-0.39, 0.29) is 30.8 Å². The standard InChI is InChI=1S/C17H32N2O7.C2H6/c1-14(20)15(19-17(22)13-26-11-9-24-3)6-4-5-7-18-16(21)12-25-10-8-23-2;1-2/h15H,4-13H2,1-3H3,(H,18,21)(H,19,22);1-2H3/t15-;/m0./s1. The molecule has 0 aromatic heterocycles. The summed E-state index contributed by atoms with van der Waals surface area (Å²) in [4.78, 5) is 34.9. The number of ether oxygens (including phenoxy) is 4. The van der Waals surface area contributed by atoms with Crippen molar-refractivity contribution in [3.63, 3.8) is 0 Å². The first-order valence-electron chi connectivity index (χ1n) is 9.71. The quantitative estimate of drug-likeness (QED) is 0.342. The molecule has 0 spiro atoms. The Morgan fingerprint density at radius 1 is 0.821 bits per heavy atom. The number of hydrogen-bond donors (Lipinski definition) is 2. The lowest BCUT2D eigenvalue weighted by Gasteiger charge is -2.16. The van der Waals surface area contributed by atoms with Crippen molar-refractivity contribution in [1.82, 2.24) is 10.6 Å². The first-order valence-corrected chi connectivity index (χ1v) is 9.71. The Morgan fingerprint density at radius 2 is 1.36 bits per heavy atom. The van der Waals surface area contributed by atoms with E-state index in [4.69, 9.17) is 18.9 Å². The van der Waals surface area contributed by atoms with Gasteiger partial charge in [-0.05, 0) is 26.2 Å². The Morgan fingerprint density at radius 3 is 1.86 bits per heavy atom. The van der Waals surface area contributed by atoms with E-state index >= 15 is 0 Å². The van der Waals surface area contributed by atoms with E-state index in [2.05, 4.69) is 10.6 Å². The summed E-state index contributed by atoms with van der Waals surface area (Å²) in [6.45, 7) is 7.38. The SMILES string of the molecule is CC.COCCOCC(=O)NCCCC[C@H](NC(=O)COCCOC)C(C)=O. The molecule has 166 valence electrons. The summed E-state index contributed by atoms with van der Waals surface area (Å²) in [5.41, 5.74) is 0. The Bertz CT molecular complexity index is 406. The highest BCUT2D eigenvalue weighted by Gasteiger charge is 2.16. The molecule has 2 N–H and O–H groups in total. The highest BCUT2D eigenvalue weighted by Crippen LogP contribution is 2.02. The summed E-state index contributed by atoms with van der Waals surface area (Å²) < 4.78 is 19.8. The molecule has 0 fully saturated rings. The molecular formula is C19H38N2O7. The van der Waals surface area contributed by atoms with Crippen LogP contribution in [0.25, 0.3) is 0 Å². The Kier molecular flexibility index (Phi) is 22.3. The van der Waals surface area contributed by atoms with Crippen LogP contribution in [0.4, 0.5) is 0 Å². The van der Waals surface area contributed by atoms with Crippen molar-refractivity contribution in [2.45, 2.75) is 46.1 Å². The van der Waals surface area contributed by atoms with Crippen LogP contribution in [0.5, 0.6) is 0 Å². The summed E-state index contributed by atoms with van der Waals surface area (Å²) in [6, 6.07) is -0.540. The largest absolute Gasteiger partial charge is 0.382 e. The van der Waals surface area contributed by atoms with Crippen molar-refractivity contribution >= 4 is 17.6 Å². The second-order valence-corrected chi connectivity index (χ2v) is 5.67. The fourth-order valence-corrected chi connectivity index (χ4v) is 1.98. The fourth-order valence-electron chi connectivity index (χ4n) is 1.98. The van der Waals surface area contributed by atoms with Gasteiger partial charge in [0.15, 0.2) is 5.78 Å². The zero-order valence-corrected chi connectivity index (χ0v) is 18.0. The molecule has 1 atom stereocenters. The molecule has 9 heteroatoms. The lowest BCUT2D eigenvalue weighted by Crippen LogP contribution is -2.41. The second kappa shape index (κ2) is 21.7. The molecule has 0 radical (unpaired) electrons. The predicted octanol–water partition coefficient (Wildman–Crippen LogP) is 0.699. The zero-order chi connectivity index (χ0) is 21.6. The first kappa shape index (κ1) is 28.7. The van der Waals surface area contributed by atoms with Crippen molar-refractivity contribution in [2.24, 2.45) is 0 Å². The van der Waals surface area contributed by atoms with Gasteiger partial charge in [0, 0.05) is 20.8 Å². The van der Waals surface area contributed by atoms with Crippen LogP contribution in [-0.2, 0) is 33.3 Å². The molecule has 0 aliphatic heterocycles. The Hall–Kier alpha value is -1.55. The zero-order valence-electron chi connectivity index (χ0n) is 18.0. The molecule has 0 rings (SSSR count). The molecule has 2 amide bonds. The smallest absolute Gasteiger partial charge is 0.246 e. The summed E-state index contributed by atoms with van der Waals surface area (Å²) in [5, 5.41) is 5.39. The lowest BCUT2D eigenvalue weighted by molar-refractivity contribution is -0.130. The predicted molar refractivity (Wildman–Crippen MR) is 106 cm³/mol. The van der Waals surface area contributed by atoms with Gasteiger partial charge in [0.05, 0.1) is 32.5 Å². The maximum atomic E-state index is 11.7. The van der Waals surface area contributed by atoms with E-state index < -0.39 is 6.04 Å². The monoisotopic (exact) mass is 406 g/mol. The third-order valence-corrected chi connectivity index (χ3v) is 3.40. The molecule has 0 unspecified atom stereocenters. The second-order valence-electron chi connectivity index (χ2n) is 5.67. The Labute approximate surface area is 168 Å². The molecule has 0 saturated carbocycles. The van der Waals surface area contributed by atoms with Crippen molar-refractivity contribution in [3.05, 3.63) is 0 Å². The molecule has 0 aromatic carbocycles. The maximum absolute atomic E-state index is 11.7. The summed E-state index contributed by atoms with van der Waals surface area (Å²) >= 11 is 0. The Balaban J connectivity index is 0. The lowest BCUT2D eigenvalue weighted by atomic mass is 10.1. The van der Waals surface area contributed by atoms with Gasteiger partial charge in [-0.15, -0.1) is 0 Å². The highest BCUT2D eigenvalue weighted by atomic mass is 16.5. The van der Waals surface area contributed by atoms with E-state index in [1.54, 1.807) is 14.2 Å². The number of nitrogens with one attached hydrogen (secondary N) is 2. The average Bonchev–Trinajstić information content (AvgIpc) is 2.69. The van der Waals surface area contributed by atoms with Crippen LogP contribution < -0.4 is 10.6 Å². The van der Waals surface area contributed by atoms with Crippen LogP contribution in [0.15, 0.2) is 0 Å². The van der Waals surface area contributed by atoms with Gasteiger partial charge in [-0.25, -0.2) is 0 Å². The van der Waals surface area contributed by atoms with E-state index in [9.17, 15) is 14.4 Å². The average molecular weight is 407 g/mol. The molecule has 0 bridgehead atoms. The fraction of sp³-hybridized carbons (Fsp3) is 0.842. The highest BCUT2D eigenvalue weighted by molar-refractivity contribution is 5.87. The van der Waals surface area contributed by atoms with Crippen molar-refractivity contribution in [3.8, 4) is 0 Å². The minimum absolute atomic E-state index is 0.00143. The van der Waals surface area contributed by atoms with Gasteiger partial charge in [-0.1, -0.05) is 13.8 Å². The van der Waals surface area contributed by atoms with E-state index in [0.717, 1.165) is 0 Å².